The number of nitrogens with one attached hydrogen (secondary N) is 1. The molecule has 1 N–H and O–H groups in total. The molecule has 0 aromatic carbocycles. The molecule has 0 spiro atoms. The van der Waals surface area contributed by atoms with E-state index in [0.717, 1.165) is 23.5 Å². The van der Waals surface area contributed by atoms with Crippen LogP contribution in [-0.4, -0.2) is 6.54 Å². The summed E-state index contributed by atoms with van der Waals surface area (Å²) in [5.41, 5.74) is 0. The summed E-state index contributed by atoms with van der Waals surface area (Å²) in [6, 6.07) is 3.81. The van der Waals surface area contributed by atoms with Crippen LogP contribution in [0.15, 0.2) is 33.9 Å². The van der Waals surface area contributed by atoms with Crippen LogP contribution in [-0.2, 0) is 6.54 Å². The van der Waals surface area contributed by atoms with Gasteiger partial charge in [0.2, 0.25) is 0 Å². The molecule has 1 aromatic rings. The Bertz CT molecular complexity index is 232. The van der Waals surface area contributed by atoms with Gasteiger partial charge in [0.05, 0.1) is 6.54 Å². The normalized spacial score (nSPS) is 9.91. The van der Waals surface area contributed by atoms with Crippen LogP contribution in [0.5, 0.6) is 0 Å². The van der Waals surface area contributed by atoms with Crippen LogP contribution in [0.25, 0.3) is 0 Å². The zero-order chi connectivity index (χ0) is 8.10. The summed E-state index contributed by atoms with van der Waals surface area (Å²) >= 11 is 3.23. The minimum Gasteiger partial charge on any atom is -0.453 e. The van der Waals surface area contributed by atoms with E-state index in [1.165, 1.54) is 0 Å². The average Bonchev–Trinajstić information content (AvgIpc) is 2.37. The third kappa shape index (κ3) is 2.91. The van der Waals surface area contributed by atoms with E-state index >= 15 is 0 Å². The molecule has 0 saturated heterocycles. The highest BCUT2D eigenvalue weighted by molar-refractivity contribution is 9.10. The lowest BCUT2D eigenvalue weighted by atomic mass is 10.4. The third-order valence-electron chi connectivity index (χ3n) is 1.22. The quantitative estimate of drug-likeness (QED) is 0.617. The molecule has 0 aliphatic rings. The van der Waals surface area contributed by atoms with Gasteiger partial charge in [-0.1, -0.05) is 6.08 Å². The Labute approximate surface area is 74.4 Å². The minimum absolute atomic E-state index is 0.748. The van der Waals surface area contributed by atoms with Gasteiger partial charge in [0, 0.05) is 6.54 Å². The number of hydrogen-bond acceptors (Lipinski definition) is 2. The molecule has 0 atom stereocenters. The van der Waals surface area contributed by atoms with Crippen molar-refractivity contribution < 1.29 is 4.42 Å². The van der Waals surface area contributed by atoms with E-state index in [4.69, 9.17) is 4.42 Å². The van der Waals surface area contributed by atoms with E-state index in [1.54, 1.807) is 0 Å². The van der Waals surface area contributed by atoms with Gasteiger partial charge < -0.3 is 9.73 Å². The molecule has 11 heavy (non-hydrogen) atoms. The van der Waals surface area contributed by atoms with Crippen molar-refractivity contribution in [1.82, 2.24) is 5.32 Å². The summed E-state index contributed by atoms with van der Waals surface area (Å²) < 4.78 is 6.02. The van der Waals surface area contributed by atoms with Gasteiger partial charge in [-0.05, 0) is 28.1 Å². The molecule has 3 heteroatoms. The molecule has 0 aliphatic heterocycles. The van der Waals surface area contributed by atoms with Gasteiger partial charge in [0.15, 0.2) is 4.67 Å². The average molecular weight is 216 g/mol. The van der Waals surface area contributed by atoms with Crippen LogP contribution in [0, 0.1) is 0 Å². The SMILES string of the molecule is C=CCNCc1ccc(Br)o1. The van der Waals surface area contributed by atoms with Crippen molar-refractivity contribution in [3.63, 3.8) is 0 Å². The van der Waals surface area contributed by atoms with Crippen molar-refractivity contribution in [3.05, 3.63) is 35.2 Å². The monoisotopic (exact) mass is 215 g/mol. The van der Waals surface area contributed by atoms with Crippen molar-refractivity contribution in [2.45, 2.75) is 6.54 Å². The Hall–Kier alpha value is -0.540. The largest absolute Gasteiger partial charge is 0.453 e. The fourth-order valence-corrected chi connectivity index (χ4v) is 1.08. The van der Waals surface area contributed by atoms with Gasteiger partial charge in [-0.25, -0.2) is 0 Å². The Morgan fingerprint density at radius 1 is 1.64 bits per heavy atom. The van der Waals surface area contributed by atoms with E-state index in [0.29, 0.717) is 0 Å². The van der Waals surface area contributed by atoms with Gasteiger partial charge in [0.25, 0.3) is 0 Å². The highest BCUT2D eigenvalue weighted by Crippen LogP contribution is 2.13. The van der Waals surface area contributed by atoms with Gasteiger partial charge in [-0.15, -0.1) is 6.58 Å². The van der Waals surface area contributed by atoms with Crippen molar-refractivity contribution in [1.29, 1.82) is 0 Å². The molecule has 0 unspecified atom stereocenters. The topological polar surface area (TPSA) is 25.2 Å². The maximum absolute atomic E-state index is 5.25. The Balaban J connectivity index is 2.32. The van der Waals surface area contributed by atoms with Gasteiger partial charge in [-0.3, -0.25) is 0 Å². The minimum atomic E-state index is 0.748. The summed E-state index contributed by atoms with van der Waals surface area (Å²) in [6.07, 6.45) is 1.82. The second-order valence-electron chi connectivity index (χ2n) is 2.13. The van der Waals surface area contributed by atoms with E-state index in [2.05, 4.69) is 27.8 Å². The zero-order valence-corrected chi connectivity index (χ0v) is 7.73. The zero-order valence-electron chi connectivity index (χ0n) is 6.14. The number of halogens is 1. The number of hydrogen-bond donors (Lipinski definition) is 1. The number of furan rings is 1. The Morgan fingerprint density at radius 3 is 3.00 bits per heavy atom. The molecule has 0 bridgehead atoms. The summed E-state index contributed by atoms with van der Waals surface area (Å²) in [5, 5.41) is 3.13. The first kappa shape index (κ1) is 8.56. The van der Waals surface area contributed by atoms with Gasteiger partial charge >= 0.3 is 0 Å². The maximum Gasteiger partial charge on any atom is 0.169 e. The molecule has 1 rings (SSSR count). The van der Waals surface area contributed by atoms with Crippen molar-refractivity contribution in [2.75, 3.05) is 6.54 Å². The van der Waals surface area contributed by atoms with Gasteiger partial charge in [0.1, 0.15) is 5.76 Å². The molecular weight excluding hydrogens is 206 g/mol. The first-order valence-electron chi connectivity index (χ1n) is 3.39. The van der Waals surface area contributed by atoms with Crippen LogP contribution < -0.4 is 5.32 Å². The predicted molar refractivity (Wildman–Crippen MR) is 48.3 cm³/mol. The molecule has 2 nitrogen and oxygen atoms in total. The second kappa shape index (κ2) is 4.36. The van der Waals surface area contributed by atoms with Crippen LogP contribution in [0.4, 0.5) is 0 Å². The maximum atomic E-state index is 5.25. The number of rotatable bonds is 4. The van der Waals surface area contributed by atoms with E-state index in [-0.39, 0.29) is 0 Å². The van der Waals surface area contributed by atoms with E-state index < -0.39 is 0 Å². The van der Waals surface area contributed by atoms with Crippen LogP contribution in [0.3, 0.4) is 0 Å². The standard InChI is InChI=1S/C8H10BrNO/c1-2-5-10-6-7-3-4-8(9)11-7/h2-4,10H,1,5-6H2. The fourth-order valence-electron chi connectivity index (χ4n) is 0.744. The van der Waals surface area contributed by atoms with E-state index in [1.807, 2.05) is 18.2 Å². The van der Waals surface area contributed by atoms with Crippen LogP contribution in [0.2, 0.25) is 0 Å². The lowest BCUT2D eigenvalue weighted by Gasteiger charge is -1.95. The fraction of sp³-hybridized carbons (Fsp3) is 0.250. The molecule has 0 radical (unpaired) electrons. The third-order valence-corrected chi connectivity index (χ3v) is 1.64. The summed E-state index contributed by atoms with van der Waals surface area (Å²) in [4.78, 5) is 0. The smallest absolute Gasteiger partial charge is 0.169 e. The summed E-state index contributed by atoms with van der Waals surface area (Å²) in [6.45, 7) is 5.15. The van der Waals surface area contributed by atoms with Crippen LogP contribution >= 0.6 is 15.9 Å². The Morgan fingerprint density at radius 2 is 2.45 bits per heavy atom. The van der Waals surface area contributed by atoms with E-state index in [9.17, 15) is 0 Å². The molecule has 0 fully saturated rings. The lowest BCUT2D eigenvalue weighted by Crippen LogP contribution is -2.11. The molecule has 1 aromatic heterocycles. The molecule has 60 valence electrons. The molecule has 0 saturated carbocycles. The Kier molecular flexibility index (Phi) is 3.39. The molecular formula is C8H10BrNO. The molecule has 0 aliphatic carbocycles. The molecule has 1 heterocycles. The van der Waals surface area contributed by atoms with Crippen molar-refractivity contribution >= 4 is 15.9 Å². The second-order valence-corrected chi connectivity index (χ2v) is 2.91. The first-order valence-corrected chi connectivity index (χ1v) is 4.18. The predicted octanol–water partition coefficient (Wildman–Crippen LogP) is 2.32. The first-order chi connectivity index (χ1) is 5.33. The van der Waals surface area contributed by atoms with Crippen molar-refractivity contribution in [3.8, 4) is 0 Å². The van der Waals surface area contributed by atoms with Crippen molar-refractivity contribution in [2.24, 2.45) is 0 Å². The lowest BCUT2D eigenvalue weighted by molar-refractivity contribution is 0.471. The molecule has 0 amide bonds. The van der Waals surface area contributed by atoms with Crippen LogP contribution in [0.1, 0.15) is 5.76 Å². The summed E-state index contributed by atoms with van der Waals surface area (Å²) in [5.74, 6) is 0.929. The highest BCUT2D eigenvalue weighted by Gasteiger charge is 1.96. The van der Waals surface area contributed by atoms with Gasteiger partial charge in [-0.2, -0.15) is 0 Å². The summed E-state index contributed by atoms with van der Waals surface area (Å²) in [7, 11) is 0. The highest BCUT2D eigenvalue weighted by atomic mass is 79.9.